The number of aromatic nitrogens is 1. The fraction of sp³-hybridized carbons (Fsp3) is 0.263. The van der Waals surface area contributed by atoms with Gasteiger partial charge in [0, 0.05) is 23.6 Å². The van der Waals surface area contributed by atoms with Gasteiger partial charge in [-0.25, -0.2) is 9.37 Å². The molecule has 1 aromatic carbocycles. The monoisotopic (exact) mass is 457 g/mol. The molecule has 1 aliphatic rings. The Morgan fingerprint density at radius 3 is 2.83 bits per heavy atom. The molecule has 0 unspecified atom stereocenters. The number of hydrogen-bond acceptors (Lipinski definition) is 6. The first-order chi connectivity index (χ1) is 14.2. The van der Waals surface area contributed by atoms with E-state index in [2.05, 4.69) is 10.3 Å². The number of nitrogens with zero attached hydrogens (tertiary/aromatic N) is 2. The van der Waals surface area contributed by atoms with Crippen molar-refractivity contribution < 1.29 is 27.1 Å². The van der Waals surface area contributed by atoms with Gasteiger partial charge in [0.15, 0.2) is 5.13 Å². The molecule has 0 fully saturated rings. The van der Waals surface area contributed by atoms with E-state index in [0.717, 1.165) is 39.6 Å². The van der Waals surface area contributed by atoms with E-state index in [4.69, 9.17) is 4.74 Å². The van der Waals surface area contributed by atoms with Crippen LogP contribution in [0.25, 0.3) is 11.3 Å². The summed E-state index contributed by atoms with van der Waals surface area (Å²) in [6.07, 6.45) is -4.49. The summed E-state index contributed by atoms with van der Waals surface area (Å²) in [4.78, 5) is 18.5. The third-order valence-corrected chi connectivity index (χ3v) is 6.45. The van der Waals surface area contributed by atoms with E-state index in [0.29, 0.717) is 19.4 Å². The highest BCUT2D eigenvalue weighted by Crippen LogP contribution is 2.36. The number of alkyl halides is 3. The number of amides is 1. The van der Waals surface area contributed by atoms with Crippen molar-refractivity contribution >= 4 is 38.7 Å². The van der Waals surface area contributed by atoms with E-state index in [1.54, 1.807) is 11.3 Å². The molecule has 1 aliphatic heterocycles. The third kappa shape index (κ3) is 4.18. The van der Waals surface area contributed by atoms with Crippen LogP contribution in [0, 0.1) is 5.82 Å². The molecule has 11 heteroatoms. The first-order valence-electron chi connectivity index (χ1n) is 8.73. The maximum absolute atomic E-state index is 14.1. The van der Waals surface area contributed by atoms with Crippen molar-refractivity contribution in [3.8, 4) is 11.3 Å². The zero-order valence-corrected chi connectivity index (χ0v) is 17.2. The Balaban J connectivity index is 1.46. The number of ether oxygens (including phenoxy) is 1. The Morgan fingerprint density at radius 2 is 2.10 bits per heavy atom. The molecule has 5 nitrogen and oxygen atoms in total. The zero-order chi connectivity index (χ0) is 21.5. The standard InChI is InChI=1S/C19H15F4N3O2S2/c1-26-9-28-6-13-10(7-29-17(13)26)4-16(27)25-18-24-15(8-30-18)12-3-2-11(5-14(12)20)19(21,22)23/h2-3,5,7-8H,4,6,9H2,1H3,(H,24,25,27). The van der Waals surface area contributed by atoms with E-state index in [1.165, 1.54) is 5.38 Å². The van der Waals surface area contributed by atoms with Crippen molar-refractivity contribution in [2.75, 3.05) is 24.0 Å². The molecule has 4 rings (SSSR count). The molecular formula is C19H15F4N3O2S2. The maximum atomic E-state index is 14.1. The SMILES string of the molecule is CN1COCc2c(CC(=O)Nc3nc(-c4ccc(C(F)(F)F)cc4F)cs3)csc21. The lowest BCUT2D eigenvalue weighted by atomic mass is 10.1. The van der Waals surface area contributed by atoms with Crippen LogP contribution in [0.2, 0.25) is 0 Å². The van der Waals surface area contributed by atoms with Gasteiger partial charge in [-0.15, -0.1) is 22.7 Å². The van der Waals surface area contributed by atoms with E-state index in [9.17, 15) is 22.4 Å². The lowest BCUT2D eigenvalue weighted by molar-refractivity contribution is -0.137. The number of carbonyl (C=O) groups excluding carboxylic acids is 1. The zero-order valence-electron chi connectivity index (χ0n) is 15.5. The molecule has 0 radical (unpaired) electrons. The second-order valence-corrected chi connectivity index (χ2v) is 8.39. The van der Waals surface area contributed by atoms with Gasteiger partial charge in [0.1, 0.15) is 12.5 Å². The third-order valence-electron chi connectivity index (χ3n) is 4.51. The molecule has 0 aliphatic carbocycles. The largest absolute Gasteiger partial charge is 0.416 e. The molecule has 3 heterocycles. The number of halogens is 4. The van der Waals surface area contributed by atoms with Gasteiger partial charge in [-0.2, -0.15) is 13.2 Å². The second-order valence-electron chi connectivity index (χ2n) is 6.68. The topological polar surface area (TPSA) is 54.5 Å². The predicted molar refractivity (Wildman–Crippen MR) is 107 cm³/mol. The lowest BCUT2D eigenvalue weighted by Crippen LogP contribution is -2.26. The highest BCUT2D eigenvalue weighted by Gasteiger charge is 2.31. The van der Waals surface area contributed by atoms with E-state index in [-0.39, 0.29) is 28.7 Å². The molecule has 0 saturated carbocycles. The number of thiophene rings is 1. The molecule has 0 saturated heterocycles. The van der Waals surface area contributed by atoms with E-state index in [1.807, 2.05) is 17.3 Å². The van der Waals surface area contributed by atoms with Crippen molar-refractivity contribution in [3.63, 3.8) is 0 Å². The summed E-state index contributed by atoms with van der Waals surface area (Å²) in [5, 5.41) is 7.37. The number of carbonyl (C=O) groups is 1. The highest BCUT2D eigenvalue weighted by molar-refractivity contribution is 7.14. The average molecular weight is 457 g/mol. The van der Waals surface area contributed by atoms with Crippen LogP contribution in [0.3, 0.4) is 0 Å². The van der Waals surface area contributed by atoms with Crippen LogP contribution < -0.4 is 10.2 Å². The first-order valence-corrected chi connectivity index (χ1v) is 10.5. The second kappa shape index (κ2) is 7.97. The summed E-state index contributed by atoms with van der Waals surface area (Å²) in [5.74, 6) is -1.32. The smallest absolute Gasteiger partial charge is 0.356 e. The minimum Gasteiger partial charge on any atom is -0.356 e. The van der Waals surface area contributed by atoms with Crippen LogP contribution in [-0.4, -0.2) is 24.7 Å². The molecule has 158 valence electrons. The number of fused-ring (bicyclic) bond motifs is 1. The Bertz CT molecular complexity index is 1090. The Labute approximate surface area is 176 Å². The Hall–Kier alpha value is -2.50. The molecule has 1 amide bonds. The van der Waals surface area contributed by atoms with Gasteiger partial charge < -0.3 is 15.0 Å². The van der Waals surface area contributed by atoms with Gasteiger partial charge in [-0.1, -0.05) is 0 Å². The quantitative estimate of drug-likeness (QED) is 0.552. The summed E-state index contributed by atoms with van der Waals surface area (Å²) in [6.45, 7) is 0.946. The predicted octanol–water partition coefficient (Wildman–Crippen LogP) is 5.13. The van der Waals surface area contributed by atoms with Crippen LogP contribution in [-0.2, 0) is 28.7 Å². The van der Waals surface area contributed by atoms with Crippen LogP contribution in [0.5, 0.6) is 0 Å². The van der Waals surface area contributed by atoms with Gasteiger partial charge in [-0.3, -0.25) is 4.79 Å². The van der Waals surface area contributed by atoms with Gasteiger partial charge in [0.25, 0.3) is 0 Å². The average Bonchev–Trinajstić information content (AvgIpc) is 3.29. The van der Waals surface area contributed by atoms with Crippen molar-refractivity contribution in [1.82, 2.24) is 4.98 Å². The Kier molecular flexibility index (Phi) is 5.51. The number of hydrogen-bond donors (Lipinski definition) is 1. The summed E-state index contributed by atoms with van der Waals surface area (Å²) in [5.41, 5.74) is 0.873. The normalized spacial score (nSPS) is 14.0. The maximum Gasteiger partial charge on any atom is 0.416 e. The van der Waals surface area contributed by atoms with Gasteiger partial charge >= 0.3 is 6.18 Å². The fourth-order valence-electron chi connectivity index (χ4n) is 3.06. The van der Waals surface area contributed by atoms with Crippen LogP contribution >= 0.6 is 22.7 Å². The summed E-state index contributed by atoms with van der Waals surface area (Å²) in [7, 11) is 1.91. The molecule has 3 aromatic rings. The number of benzene rings is 1. The summed E-state index contributed by atoms with van der Waals surface area (Å²) < 4.78 is 57.7. The van der Waals surface area contributed by atoms with Crippen molar-refractivity contribution in [3.05, 3.63) is 51.5 Å². The molecule has 30 heavy (non-hydrogen) atoms. The van der Waals surface area contributed by atoms with Crippen molar-refractivity contribution in [1.29, 1.82) is 0 Å². The molecule has 0 atom stereocenters. The Morgan fingerprint density at radius 1 is 1.30 bits per heavy atom. The molecule has 0 spiro atoms. The first kappa shape index (κ1) is 20.8. The van der Waals surface area contributed by atoms with Crippen LogP contribution in [0.15, 0.2) is 29.0 Å². The van der Waals surface area contributed by atoms with Crippen LogP contribution in [0.1, 0.15) is 16.7 Å². The van der Waals surface area contributed by atoms with E-state index < -0.39 is 17.6 Å². The van der Waals surface area contributed by atoms with Gasteiger partial charge in [0.2, 0.25) is 5.91 Å². The fourth-order valence-corrected chi connectivity index (χ4v) is 4.83. The molecule has 0 bridgehead atoms. The molecule has 2 aromatic heterocycles. The van der Waals surface area contributed by atoms with Gasteiger partial charge in [0.05, 0.1) is 29.3 Å². The lowest BCUT2D eigenvalue weighted by Gasteiger charge is -2.24. The number of rotatable bonds is 4. The minimum absolute atomic E-state index is 0.0631. The summed E-state index contributed by atoms with van der Waals surface area (Å²) >= 11 is 2.62. The molecule has 1 N–H and O–H groups in total. The van der Waals surface area contributed by atoms with Crippen molar-refractivity contribution in [2.24, 2.45) is 0 Å². The highest BCUT2D eigenvalue weighted by atomic mass is 32.1. The van der Waals surface area contributed by atoms with E-state index >= 15 is 0 Å². The number of nitrogens with one attached hydrogen (secondary N) is 1. The number of anilines is 2. The van der Waals surface area contributed by atoms with Gasteiger partial charge in [-0.05, 0) is 29.1 Å². The number of thiazole rings is 1. The van der Waals surface area contributed by atoms with Crippen molar-refractivity contribution in [2.45, 2.75) is 19.2 Å². The molecular weight excluding hydrogens is 442 g/mol. The minimum atomic E-state index is -4.62. The summed E-state index contributed by atoms with van der Waals surface area (Å²) in [6, 6.07) is 2.27. The van der Waals surface area contributed by atoms with Crippen LogP contribution in [0.4, 0.5) is 27.7 Å².